The van der Waals surface area contributed by atoms with Crippen molar-refractivity contribution in [1.82, 2.24) is 0 Å². The molecule has 0 aliphatic heterocycles. The van der Waals surface area contributed by atoms with Crippen LogP contribution in [0, 0.1) is 6.92 Å². The van der Waals surface area contributed by atoms with Crippen LogP contribution in [-0.2, 0) is 4.79 Å². The Morgan fingerprint density at radius 3 is 2.67 bits per heavy atom. The second kappa shape index (κ2) is 8.20. The number of carbonyl (C=O) groups excluding carboxylic acids is 1. The van der Waals surface area contributed by atoms with E-state index in [1.807, 2.05) is 56.3 Å². The van der Waals surface area contributed by atoms with Gasteiger partial charge in [0.2, 0.25) is 0 Å². The highest BCUT2D eigenvalue weighted by Crippen LogP contribution is 2.20. The van der Waals surface area contributed by atoms with E-state index >= 15 is 0 Å². The Morgan fingerprint density at radius 1 is 1.21 bits per heavy atom. The number of benzene rings is 2. The van der Waals surface area contributed by atoms with Crippen LogP contribution >= 0.6 is 0 Å². The Hall–Kier alpha value is -2.75. The van der Waals surface area contributed by atoms with Crippen LogP contribution in [0.15, 0.2) is 60.7 Å². The van der Waals surface area contributed by atoms with E-state index in [4.69, 9.17) is 9.47 Å². The van der Waals surface area contributed by atoms with Gasteiger partial charge in [-0.3, -0.25) is 4.79 Å². The molecule has 0 aromatic heterocycles. The number of nitrogens with one attached hydrogen (secondary N) is 1. The smallest absolute Gasteiger partial charge is 0.265 e. The summed E-state index contributed by atoms with van der Waals surface area (Å²) in [7, 11) is 0. The third-order valence-corrected chi connectivity index (χ3v) is 3.35. The molecule has 4 heteroatoms. The third-order valence-electron chi connectivity index (χ3n) is 3.35. The largest absolute Gasteiger partial charge is 0.489 e. The Labute approximate surface area is 143 Å². The van der Waals surface area contributed by atoms with Gasteiger partial charge in [-0.2, -0.15) is 0 Å². The monoisotopic (exact) mass is 325 g/mol. The van der Waals surface area contributed by atoms with Crippen molar-refractivity contribution >= 4 is 11.6 Å². The lowest BCUT2D eigenvalue weighted by Crippen LogP contribution is -2.30. The normalized spacial score (nSPS) is 11.5. The van der Waals surface area contributed by atoms with Gasteiger partial charge >= 0.3 is 0 Å². The molecule has 2 rings (SSSR count). The molecule has 0 aliphatic rings. The minimum atomic E-state index is -0.605. The predicted molar refractivity (Wildman–Crippen MR) is 96.6 cm³/mol. The van der Waals surface area contributed by atoms with E-state index in [0.29, 0.717) is 23.8 Å². The topological polar surface area (TPSA) is 47.6 Å². The first kappa shape index (κ1) is 17.6. The lowest BCUT2D eigenvalue weighted by atomic mass is 10.2. The molecule has 1 amide bonds. The summed E-state index contributed by atoms with van der Waals surface area (Å²) >= 11 is 0. The zero-order valence-corrected chi connectivity index (χ0v) is 14.3. The average molecular weight is 325 g/mol. The quantitative estimate of drug-likeness (QED) is 0.770. The molecule has 126 valence electrons. The predicted octanol–water partition coefficient (Wildman–Crippen LogP) is 4.36. The number of para-hydroxylation sites is 1. The van der Waals surface area contributed by atoms with Crippen LogP contribution in [0.5, 0.6) is 11.5 Å². The molecule has 0 radical (unpaired) electrons. The van der Waals surface area contributed by atoms with E-state index in [-0.39, 0.29) is 5.91 Å². The second-order valence-corrected chi connectivity index (χ2v) is 5.79. The Kier molecular flexibility index (Phi) is 6.01. The van der Waals surface area contributed by atoms with E-state index in [1.54, 1.807) is 13.0 Å². The molecule has 4 nitrogen and oxygen atoms in total. The van der Waals surface area contributed by atoms with Gasteiger partial charge in [-0.15, -0.1) is 0 Å². The van der Waals surface area contributed by atoms with Crippen molar-refractivity contribution in [3.8, 4) is 11.5 Å². The van der Waals surface area contributed by atoms with Crippen LogP contribution in [0.25, 0.3) is 0 Å². The van der Waals surface area contributed by atoms with Crippen LogP contribution in [0.2, 0.25) is 0 Å². The maximum atomic E-state index is 12.3. The molecule has 0 aliphatic carbocycles. The number of carbonyl (C=O) groups is 1. The molecule has 0 bridgehead atoms. The maximum Gasteiger partial charge on any atom is 0.265 e. The van der Waals surface area contributed by atoms with E-state index in [2.05, 4.69) is 11.9 Å². The van der Waals surface area contributed by atoms with Gasteiger partial charge in [0.1, 0.15) is 18.1 Å². The molecule has 2 aromatic carbocycles. The molecule has 0 spiro atoms. The maximum absolute atomic E-state index is 12.3. The number of aryl methyl sites for hydroxylation is 1. The molecule has 24 heavy (non-hydrogen) atoms. The molecular formula is C20H23NO3. The summed E-state index contributed by atoms with van der Waals surface area (Å²) < 4.78 is 11.3. The third kappa shape index (κ3) is 5.16. The standard InChI is InChI=1S/C20H23NO3/c1-14(2)13-23-18-10-7-9-17(12-18)21-20(22)16(4)24-19-11-6-5-8-15(19)3/h5-12,16H,1,13H2,2-4H3,(H,21,22). The highest BCUT2D eigenvalue weighted by molar-refractivity contribution is 5.94. The van der Waals surface area contributed by atoms with Crippen LogP contribution in [0.1, 0.15) is 19.4 Å². The van der Waals surface area contributed by atoms with Gasteiger partial charge in [0.05, 0.1) is 0 Å². The molecule has 0 fully saturated rings. The van der Waals surface area contributed by atoms with Gasteiger partial charge < -0.3 is 14.8 Å². The summed E-state index contributed by atoms with van der Waals surface area (Å²) in [4.78, 5) is 12.3. The van der Waals surface area contributed by atoms with Crippen LogP contribution in [0.3, 0.4) is 0 Å². The summed E-state index contributed by atoms with van der Waals surface area (Å²) in [6.07, 6.45) is -0.605. The Morgan fingerprint density at radius 2 is 1.96 bits per heavy atom. The van der Waals surface area contributed by atoms with Crippen molar-refractivity contribution < 1.29 is 14.3 Å². The first-order chi connectivity index (χ1) is 11.5. The van der Waals surface area contributed by atoms with Crippen LogP contribution in [-0.4, -0.2) is 18.6 Å². The van der Waals surface area contributed by atoms with Crippen molar-refractivity contribution in [3.05, 3.63) is 66.2 Å². The summed E-state index contributed by atoms with van der Waals surface area (Å²) in [5.74, 6) is 1.18. The lowest BCUT2D eigenvalue weighted by Gasteiger charge is -2.16. The first-order valence-corrected chi connectivity index (χ1v) is 7.86. The highest BCUT2D eigenvalue weighted by Gasteiger charge is 2.16. The van der Waals surface area contributed by atoms with Crippen molar-refractivity contribution in [3.63, 3.8) is 0 Å². The van der Waals surface area contributed by atoms with Gasteiger partial charge in [0, 0.05) is 11.8 Å². The minimum Gasteiger partial charge on any atom is -0.489 e. The molecular weight excluding hydrogens is 302 g/mol. The van der Waals surface area contributed by atoms with Crippen molar-refractivity contribution in [2.75, 3.05) is 11.9 Å². The Bertz CT molecular complexity index is 724. The number of hydrogen-bond acceptors (Lipinski definition) is 3. The first-order valence-electron chi connectivity index (χ1n) is 7.86. The summed E-state index contributed by atoms with van der Waals surface area (Å²) in [6.45, 7) is 9.82. The van der Waals surface area contributed by atoms with Gasteiger partial charge in [-0.1, -0.05) is 30.8 Å². The van der Waals surface area contributed by atoms with Crippen molar-refractivity contribution in [1.29, 1.82) is 0 Å². The molecule has 0 saturated carbocycles. The number of hydrogen-bond donors (Lipinski definition) is 1. The number of rotatable bonds is 7. The molecule has 0 saturated heterocycles. The molecule has 0 heterocycles. The fourth-order valence-corrected chi connectivity index (χ4v) is 2.05. The number of amides is 1. The van der Waals surface area contributed by atoms with E-state index in [9.17, 15) is 4.79 Å². The minimum absolute atomic E-state index is 0.213. The van der Waals surface area contributed by atoms with Crippen LogP contribution < -0.4 is 14.8 Å². The van der Waals surface area contributed by atoms with Crippen molar-refractivity contribution in [2.24, 2.45) is 0 Å². The molecule has 1 atom stereocenters. The fraction of sp³-hybridized carbons (Fsp3) is 0.250. The van der Waals surface area contributed by atoms with Gasteiger partial charge in [-0.05, 0) is 50.1 Å². The van der Waals surface area contributed by atoms with Crippen LogP contribution in [0.4, 0.5) is 5.69 Å². The SMILES string of the molecule is C=C(C)COc1cccc(NC(=O)C(C)Oc2ccccc2C)c1. The average Bonchev–Trinajstić information content (AvgIpc) is 2.55. The van der Waals surface area contributed by atoms with Gasteiger partial charge in [-0.25, -0.2) is 0 Å². The summed E-state index contributed by atoms with van der Waals surface area (Å²) in [5, 5.41) is 2.84. The highest BCUT2D eigenvalue weighted by atomic mass is 16.5. The van der Waals surface area contributed by atoms with Gasteiger partial charge in [0.15, 0.2) is 6.10 Å². The zero-order chi connectivity index (χ0) is 17.5. The zero-order valence-electron chi connectivity index (χ0n) is 14.3. The van der Waals surface area contributed by atoms with E-state index in [0.717, 1.165) is 11.1 Å². The molecule has 1 unspecified atom stereocenters. The summed E-state index contributed by atoms with van der Waals surface area (Å²) in [6, 6.07) is 14.9. The van der Waals surface area contributed by atoms with Crippen molar-refractivity contribution in [2.45, 2.75) is 26.9 Å². The Balaban J connectivity index is 1.97. The molecule has 2 aromatic rings. The van der Waals surface area contributed by atoms with Gasteiger partial charge in [0.25, 0.3) is 5.91 Å². The van der Waals surface area contributed by atoms with E-state index in [1.165, 1.54) is 0 Å². The molecule has 1 N–H and O–H groups in total. The van der Waals surface area contributed by atoms with E-state index < -0.39 is 6.10 Å². The lowest BCUT2D eigenvalue weighted by molar-refractivity contribution is -0.122. The second-order valence-electron chi connectivity index (χ2n) is 5.79. The summed E-state index contributed by atoms with van der Waals surface area (Å²) in [5.41, 5.74) is 2.59. The number of anilines is 1. The fourth-order valence-electron chi connectivity index (χ4n) is 2.05. The number of ether oxygens (including phenoxy) is 2.